The van der Waals surface area contributed by atoms with Crippen molar-refractivity contribution >= 4 is 15.8 Å². The van der Waals surface area contributed by atoms with Gasteiger partial charge in [0.1, 0.15) is 16.5 Å². The molecule has 1 aromatic carbocycles. The van der Waals surface area contributed by atoms with E-state index < -0.39 is 26.4 Å². The van der Waals surface area contributed by atoms with Crippen molar-refractivity contribution in [2.45, 2.75) is 37.4 Å². The standard InChI is InChI=1S/C23H29F2N3O4S/c1-31-12-16-10-26-23(27-11-16)28-5-3-17(4-6-28)19-9-18(19)14-32-13-15-7-20(24)22(21(25)8-15)33(2,29)30/h7-8,10-11,17-19H,3-6,9,12-14H2,1-2H3. The molecule has 180 valence electrons. The summed E-state index contributed by atoms with van der Waals surface area (Å²) in [6.07, 6.45) is 7.65. The van der Waals surface area contributed by atoms with Crippen molar-refractivity contribution in [2.24, 2.45) is 17.8 Å². The summed E-state index contributed by atoms with van der Waals surface area (Å²) < 4.78 is 61.8. The van der Waals surface area contributed by atoms with Gasteiger partial charge in [0.15, 0.2) is 9.84 Å². The number of ether oxygens (including phenoxy) is 2. The van der Waals surface area contributed by atoms with Crippen molar-refractivity contribution in [1.29, 1.82) is 0 Å². The lowest BCUT2D eigenvalue weighted by Gasteiger charge is -2.32. The molecule has 0 radical (unpaired) electrons. The first-order chi connectivity index (χ1) is 15.8. The lowest BCUT2D eigenvalue weighted by Crippen LogP contribution is -2.35. The maximum atomic E-state index is 14.0. The highest BCUT2D eigenvalue weighted by atomic mass is 32.2. The van der Waals surface area contributed by atoms with Crippen LogP contribution in [-0.4, -0.2) is 51.4 Å². The Bertz CT molecular complexity index is 1050. The van der Waals surface area contributed by atoms with Crippen molar-refractivity contribution in [2.75, 3.05) is 38.0 Å². The molecule has 1 aromatic heterocycles. The zero-order valence-electron chi connectivity index (χ0n) is 18.8. The summed E-state index contributed by atoms with van der Waals surface area (Å²) in [5.74, 6) is 0.292. The lowest BCUT2D eigenvalue weighted by atomic mass is 9.91. The van der Waals surface area contributed by atoms with Gasteiger partial charge in [-0.2, -0.15) is 0 Å². The van der Waals surface area contributed by atoms with Crippen molar-refractivity contribution in [3.63, 3.8) is 0 Å². The maximum absolute atomic E-state index is 14.0. The number of benzene rings is 1. The monoisotopic (exact) mass is 481 g/mol. The molecule has 2 unspecified atom stereocenters. The van der Waals surface area contributed by atoms with Crippen LogP contribution in [0, 0.1) is 29.4 Å². The second kappa shape index (κ2) is 9.99. The summed E-state index contributed by atoms with van der Waals surface area (Å²) in [5, 5.41) is 0. The van der Waals surface area contributed by atoms with Gasteiger partial charge in [-0.15, -0.1) is 0 Å². The average Bonchev–Trinajstić information content (AvgIpc) is 3.53. The largest absolute Gasteiger partial charge is 0.380 e. The van der Waals surface area contributed by atoms with Gasteiger partial charge in [0.05, 0.1) is 19.8 Å². The molecule has 2 aliphatic rings. The number of sulfone groups is 1. The number of nitrogens with zero attached hydrogens (tertiary/aromatic N) is 3. The fraction of sp³-hybridized carbons (Fsp3) is 0.565. The summed E-state index contributed by atoms with van der Waals surface area (Å²) in [5.41, 5.74) is 1.24. The minimum atomic E-state index is -3.96. The summed E-state index contributed by atoms with van der Waals surface area (Å²) in [4.78, 5) is 10.2. The number of hydrogen-bond donors (Lipinski definition) is 0. The molecule has 1 saturated carbocycles. The van der Waals surface area contributed by atoms with E-state index in [2.05, 4.69) is 14.9 Å². The Kier molecular flexibility index (Phi) is 7.25. The molecule has 1 aliphatic heterocycles. The van der Waals surface area contributed by atoms with Gasteiger partial charge in [-0.05, 0) is 54.7 Å². The van der Waals surface area contributed by atoms with Gasteiger partial charge in [-0.25, -0.2) is 27.2 Å². The summed E-state index contributed by atoms with van der Waals surface area (Å²) in [6.45, 7) is 2.93. The van der Waals surface area contributed by atoms with Gasteiger partial charge in [-0.3, -0.25) is 0 Å². The maximum Gasteiger partial charge on any atom is 0.225 e. The van der Waals surface area contributed by atoms with Crippen LogP contribution in [0.4, 0.5) is 14.7 Å². The third-order valence-corrected chi connectivity index (χ3v) is 7.57. The topological polar surface area (TPSA) is 81.6 Å². The van der Waals surface area contributed by atoms with Crippen LogP contribution in [0.1, 0.15) is 30.4 Å². The molecule has 0 amide bonds. The molecule has 33 heavy (non-hydrogen) atoms. The van der Waals surface area contributed by atoms with E-state index in [1.807, 2.05) is 0 Å². The predicted molar refractivity (Wildman–Crippen MR) is 118 cm³/mol. The van der Waals surface area contributed by atoms with Crippen molar-refractivity contribution in [3.8, 4) is 0 Å². The Morgan fingerprint density at radius 1 is 1.06 bits per heavy atom. The van der Waals surface area contributed by atoms with Crippen LogP contribution in [0.2, 0.25) is 0 Å². The second-order valence-electron chi connectivity index (χ2n) is 8.98. The van der Waals surface area contributed by atoms with Gasteiger partial charge >= 0.3 is 0 Å². The SMILES string of the molecule is COCc1cnc(N2CCC(C3CC3COCc3cc(F)c(S(C)(=O)=O)c(F)c3)CC2)nc1. The third-order valence-electron chi connectivity index (χ3n) is 6.44. The molecule has 10 heteroatoms. The zero-order valence-corrected chi connectivity index (χ0v) is 19.7. The summed E-state index contributed by atoms with van der Waals surface area (Å²) in [6, 6.07) is 2.06. The normalized spacial score (nSPS) is 21.4. The van der Waals surface area contributed by atoms with E-state index in [1.54, 1.807) is 19.5 Å². The third kappa shape index (κ3) is 5.85. The molecule has 4 rings (SSSR count). The Hall–Kier alpha value is -2.17. The first-order valence-electron chi connectivity index (χ1n) is 11.1. The van der Waals surface area contributed by atoms with E-state index in [4.69, 9.17) is 9.47 Å². The Morgan fingerprint density at radius 3 is 2.27 bits per heavy atom. The first-order valence-corrected chi connectivity index (χ1v) is 13.0. The average molecular weight is 482 g/mol. The first kappa shape index (κ1) is 24.0. The summed E-state index contributed by atoms with van der Waals surface area (Å²) >= 11 is 0. The van der Waals surface area contributed by atoms with Gasteiger partial charge in [0.25, 0.3) is 0 Å². The molecule has 0 N–H and O–H groups in total. The van der Waals surface area contributed by atoms with Crippen LogP contribution in [-0.2, 0) is 32.5 Å². The number of anilines is 1. The van der Waals surface area contributed by atoms with Gasteiger partial charge in [0.2, 0.25) is 5.95 Å². The van der Waals surface area contributed by atoms with Crippen LogP contribution in [0.5, 0.6) is 0 Å². The quantitative estimate of drug-likeness (QED) is 0.543. The Labute approximate surface area is 193 Å². The number of halogens is 2. The molecule has 2 aromatic rings. The van der Waals surface area contributed by atoms with E-state index in [0.29, 0.717) is 36.5 Å². The molecule has 2 fully saturated rings. The van der Waals surface area contributed by atoms with Gasteiger partial charge < -0.3 is 14.4 Å². The lowest BCUT2D eigenvalue weighted by molar-refractivity contribution is 0.103. The smallest absolute Gasteiger partial charge is 0.225 e. The van der Waals surface area contributed by atoms with Gasteiger partial charge in [0, 0.05) is 44.4 Å². The number of hydrogen-bond acceptors (Lipinski definition) is 7. The van der Waals surface area contributed by atoms with E-state index in [0.717, 1.165) is 62.3 Å². The molecular formula is C23H29F2N3O4S. The molecule has 0 bridgehead atoms. The van der Waals surface area contributed by atoms with Crippen LogP contribution in [0.15, 0.2) is 29.4 Å². The van der Waals surface area contributed by atoms with Crippen LogP contribution in [0.25, 0.3) is 0 Å². The van der Waals surface area contributed by atoms with E-state index in [-0.39, 0.29) is 6.61 Å². The van der Waals surface area contributed by atoms with E-state index in [1.165, 1.54) is 0 Å². The van der Waals surface area contributed by atoms with Gasteiger partial charge in [-0.1, -0.05) is 0 Å². The second-order valence-corrected chi connectivity index (χ2v) is 10.9. The number of piperidine rings is 1. The molecule has 0 spiro atoms. The molecule has 1 saturated heterocycles. The van der Waals surface area contributed by atoms with E-state index >= 15 is 0 Å². The molecule has 2 heterocycles. The van der Waals surface area contributed by atoms with Crippen LogP contribution >= 0.6 is 0 Å². The number of aromatic nitrogens is 2. The Morgan fingerprint density at radius 2 is 1.70 bits per heavy atom. The van der Waals surface area contributed by atoms with Crippen molar-refractivity contribution in [1.82, 2.24) is 9.97 Å². The fourth-order valence-corrected chi connectivity index (χ4v) is 5.52. The minimum Gasteiger partial charge on any atom is -0.380 e. The molecule has 7 nitrogen and oxygen atoms in total. The summed E-state index contributed by atoms with van der Waals surface area (Å²) in [7, 11) is -2.31. The molecular weight excluding hydrogens is 452 g/mol. The van der Waals surface area contributed by atoms with Crippen molar-refractivity contribution < 1.29 is 26.7 Å². The predicted octanol–water partition coefficient (Wildman–Crippen LogP) is 3.37. The minimum absolute atomic E-state index is 0.0515. The van der Waals surface area contributed by atoms with E-state index in [9.17, 15) is 17.2 Å². The number of methoxy groups -OCH3 is 1. The highest BCUT2D eigenvalue weighted by Gasteiger charge is 2.43. The highest BCUT2D eigenvalue weighted by molar-refractivity contribution is 7.90. The fourth-order valence-electron chi connectivity index (χ4n) is 4.70. The van der Waals surface area contributed by atoms with Crippen LogP contribution < -0.4 is 4.90 Å². The van der Waals surface area contributed by atoms with Crippen LogP contribution in [0.3, 0.4) is 0 Å². The Balaban J connectivity index is 1.21. The zero-order chi connectivity index (χ0) is 23.6. The van der Waals surface area contributed by atoms with Crippen molar-refractivity contribution in [3.05, 3.63) is 47.3 Å². The highest BCUT2D eigenvalue weighted by Crippen LogP contribution is 2.48. The molecule has 1 aliphatic carbocycles. The number of rotatable bonds is 9. The molecule has 2 atom stereocenters.